The zero-order valence-electron chi connectivity index (χ0n) is 13.7. The predicted octanol–water partition coefficient (Wildman–Crippen LogP) is 3.76. The molecule has 4 nitrogen and oxygen atoms in total. The maximum Gasteiger partial charge on any atom is 0.336 e. The first-order chi connectivity index (χ1) is 11.4. The molecule has 0 saturated heterocycles. The topological polar surface area (TPSA) is 57.6 Å². The summed E-state index contributed by atoms with van der Waals surface area (Å²) in [6.45, 7) is 4.91. The summed E-state index contributed by atoms with van der Waals surface area (Å²) < 4.78 is 0. The van der Waals surface area contributed by atoms with Gasteiger partial charge in [-0.15, -0.1) is 0 Å². The summed E-state index contributed by atoms with van der Waals surface area (Å²) in [7, 11) is 0. The lowest BCUT2D eigenvalue weighted by Crippen LogP contribution is -2.28. The third-order valence-electron chi connectivity index (χ3n) is 5.33. The second-order valence-corrected chi connectivity index (χ2v) is 7.27. The number of hydrogen-bond donors (Lipinski definition) is 1. The molecule has 2 aromatic carbocycles. The Morgan fingerprint density at radius 3 is 2.67 bits per heavy atom. The highest BCUT2D eigenvalue weighted by atomic mass is 16.4. The Bertz CT molecular complexity index is 869. The molecule has 2 aliphatic rings. The number of carboxylic acid groups (broad SMARTS) is 1. The lowest BCUT2D eigenvalue weighted by molar-refractivity contribution is 0.0662. The van der Waals surface area contributed by atoms with Gasteiger partial charge in [0.25, 0.3) is 5.91 Å². The average Bonchev–Trinajstić information content (AvgIpc) is 2.73. The molecule has 1 atom stereocenters. The van der Waals surface area contributed by atoms with Gasteiger partial charge in [0.1, 0.15) is 0 Å². The zero-order valence-corrected chi connectivity index (χ0v) is 13.7. The summed E-state index contributed by atoms with van der Waals surface area (Å²) in [4.78, 5) is 26.4. The van der Waals surface area contributed by atoms with Crippen LogP contribution in [0.5, 0.6) is 0 Å². The van der Waals surface area contributed by atoms with Crippen molar-refractivity contribution in [1.29, 1.82) is 0 Å². The Morgan fingerprint density at radius 2 is 1.92 bits per heavy atom. The Kier molecular flexibility index (Phi) is 3.07. The van der Waals surface area contributed by atoms with E-state index >= 15 is 0 Å². The molecular formula is C20H19NO3. The Balaban J connectivity index is 1.89. The minimum absolute atomic E-state index is 0.0748. The van der Waals surface area contributed by atoms with Crippen molar-refractivity contribution in [2.75, 3.05) is 0 Å². The molecule has 1 N–H and O–H groups in total. The quantitative estimate of drug-likeness (QED) is 0.870. The third kappa shape index (κ3) is 1.99. The van der Waals surface area contributed by atoms with E-state index in [1.165, 1.54) is 11.6 Å². The van der Waals surface area contributed by atoms with Gasteiger partial charge in [-0.1, -0.05) is 50.2 Å². The van der Waals surface area contributed by atoms with Gasteiger partial charge in [-0.25, -0.2) is 4.79 Å². The number of carbonyl (C=O) groups excluding carboxylic acids is 1. The van der Waals surface area contributed by atoms with E-state index in [0.717, 1.165) is 17.5 Å². The number of carbonyl (C=O) groups is 2. The molecule has 122 valence electrons. The number of fused-ring (bicyclic) bond motifs is 4. The number of amides is 1. The Labute approximate surface area is 140 Å². The van der Waals surface area contributed by atoms with Crippen LogP contribution in [0, 0.1) is 0 Å². The highest BCUT2D eigenvalue weighted by Gasteiger charge is 2.44. The first-order valence-corrected chi connectivity index (χ1v) is 8.16. The second-order valence-electron chi connectivity index (χ2n) is 7.27. The zero-order chi connectivity index (χ0) is 17.1. The number of benzene rings is 2. The SMILES string of the molecule is CC1(C)C[C@H]2c3cccc(C(=O)O)c3C(=O)N2Cc2ccccc21. The molecule has 0 spiro atoms. The number of carboxylic acids is 1. The van der Waals surface area contributed by atoms with Crippen molar-refractivity contribution in [1.82, 2.24) is 4.90 Å². The van der Waals surface area contributed by atoms with Gasteiger partial charge in [0.2, 0.25) is 0 Å². The van der Waals surface area contributed by atoms with Gasteiger partial charge >= 0.3 is 5.97 Å². The molecule has 0 aromatic heterocycles. The highest BCUT2D eigenvalue weighted by Crippen LogP contribution is 2.47. The van der Waals surface area contributed by atoms with Gasteiger partial charge < -0.3 is 10.0 Å². The molecule has 0 fully saturated rings. The summed E-state index contributed by atoms with van der Waals surface area (Å²) >= 11 is 0. The van der Waals surface area contributed by atoms with Gasteiger partial charge in [-0.2, -0.15) is 0 Å². The largest absolute Gasteiger partial charge is 0.478 e. The first-order valence-electron chi connectivity index (χ1n) is 8.16. The molecule has 2 aliphatic heterocycles. The van der Waals surface area contributed by atoms with Gasteiger partial charge in [-0.05, 0) is 34.6 Å². The Hall–Kier alpha value is -2.62. The summed E-state index contributed by atoms with van der Waals surface area (Å²) in [5.74, 6) is -1.21. The van der Waals surface area contributed by atoms with Gasteiger partial charge in [0.05, 0.1) is 17.2 Å². The summed E-state index contributed by atoms with van der Waals surface area (Å²) in [5, 5.41) is 9.45. The maximum atomic E-state index is 13.0. The molecular weight excluding hydrogens is 302 g/mol. The number of hydrogen-bond acceptors (Lipinski definition) is 2. The van der Waals surface area contributed by atoms with Gasteiger partial charge in [-0.3, -0.25) is 4.79 Å². The molecule has 0 unspecified atom stereocenters. The van der Waals surface area contributed by atoms with E-state index in [1.807, 2.05) is 23.1 Å². The molecule has 2 aromatic rings. The van der Waals surface area contributed by atoms with E-state index in [1.54, 1.807) is 6.07 Å². The van der Waals surface area contributed by atoms with Crippen LogP contribution >= 0.6 is 0 Å². The fraction of sp³-hybridized carbons (Fsp3) is 0.300. The van der Waals surface area contributed by atoms with Crippen molar-refractivity contribution in [3.8, 4) is 0 Å². The molecule has 2 heterocycles. The predicted molar refractivity (Wildman–Crippen MR) is 90.1 cm³/mol. The minimum atomic E-state index is -1.04. The summed E-state index contributed by atoms with van der Waals surface area (Å²) in [5.41, 5.74) is 3.64. The van der Waals surface area contributed by atoms with Gasteiger partial charge in [0.15, 0.2) is 0 Å². The molecule has 0 aliphatic carbocycles. The number of aromatic carboxylic acids is 1. The van der Waals surface area contributed by atoms with E-state index < -0.39 is 5.97 Å². The van der Waals surface area contributed by atoms with E-state index in [9.17, 15) is 14.7 Å². The molecule has 0 saturated carbocycles. The molecule has 4 rings (SSSR count). The second kappa shape index (κ2) is 4.94. The molecule has 0 radical (unpaired) electrons. The molecule has 1 amide bonds. The van der Waals surface area contributed by atoms with Crippen molar-refractivity contribution < 1.29 is 14.7 Å². The minimum Gasteiger partial charge on any atom is -0.478 e. The summed E-state index contributed by atoms with van der Waals surface area (Å²) in [6.07, 6.45) is 0.784. The van der Waals surface area contributed by atoms with Crippen LogP contribution in [0.4, 0.5) is 0 Å². The van der Waals surface area contributed by atoms with Crippen LogP contribution in [0.2, 0.25) is 0 Å². The maximum absolute atomic E-state index is 13.0. The van der Waals surface area contributed by atoms with E-state index in [0.29, 0.717) is 12.1 Å². The lowest BCUT2D eigenvalue weighted by Gasteiger charge is -2.29. The number of rotatable bonds is 1. The van der Waals surface area contributed by atoms with Crippen molar-refractivity contribution in [3.05, 3.63) is 70.3 Å². The van der Waals surface area contributed by atoms with Crippen molar-refractivity contribution in [3.63, 3.8) is 0 Å². The monoisotopic (exact) mass is 321 g/mol. The smallest absolute Gasteiger partial charge is 0.336 e. The first kappa shape index (κ1) is 14.9. The standard InChI is InChI=1S/C20H19NO3/c1-20(2)10-16-13-7-5-8-14(19(23)24)17(13)18(22)21(16)11-12-6-3-4-9-15(12)20/h3-9,16H,10-11H2,1-2H3,(H,23,24)/t16-/m0/s1. The fourth-order valence-electron chi connectivity index (χ4n) is 4.22. The molecule has 0 bridgehead atoms. The van der Waals surface area contributed by atoms with Crippen LogP contribution in [0.1, 0.15) is 63.7 Å². The van der Waals surface area contributed by atoms with Gasteiger partial charge in [0, 0.05) is 6.54 Å². The van der Waals surface area contributed by atoms with Crippen LogP contribution in [-0.4, -0.2) is 21.9 Å². The third-order valence-corrected chi connectivity index (χ3v) is 5.33. The Morgan fingerprint density at radius 1 is 1.17 bits per heavy atom. The highest BCUT2D eigenvalue weighted by molar-refractivity contribution is 6.08. The van der Waals surface area contributed by atoms with Crippen LogP contribution in [0.25, 0.3) is 0 Å². The average molecular weight is 321 g/mol. The fourth-order valence-corrected chi connectivity index (χ4v) is 4.22. The van der Waals surface area contributed by atoms with Crippen molar-refractivity contribution >= 4 is 11.9 Å². The van der Waals surface area contributed by atoms with Crippen molar-refractivity contribution in [2.24, 2.45) is 0 Å². The van der Waals surface area contributed by atoms with E-state index in [4.69, 9.17) is 0 Å². The molecule has 4 heteroatoms. The van der Waals surface area contributed by atoms with Crippen LogP contribution in [0.15, 0.2) is 42.5 Å². The number of nitrogens with zero attached hydrogens (tertiary/aromatic N) is 1. The van der Waals surface area contributed by atoms with E-state index in [2.05, 4.69) is 26.0 Å². The van der Waals surface area contributed by atoms with Crippen LogP contribution in [0.3, 0.4) is 0 Å². The van der Waals surface area contributed by atoms with Crippen molar-refractivity contribution in [2.45, 2.75) is 38.3 Å². The van der Waals surface area contributed by atoms with Crippen LogP contribution < -0.4 is 0 Å². The molecule has 24 heavy (non-hydrogen) atoms. The van der Waals surface area contributed by atoms with E-state index in [-0.39, 0.29) is 22.9 Å². The lowest BCUT2D eigenvalue weighted by atomic mass is 9.77. The summed E-state index contributed by atoms with van der Waals surface area (Å²) in [6, 6.07) is 13.3. The van der Waals surface area contributed by atoms with Crippen LogP contribution in [-0.2, 0) is 12.0 Å². The normalized spacial score (nSPS) is 20.8.